The van der Waals surface area contributed by atoms with Gasteiger partial charge in [0, 0.05) is 33.4 Å². The maximum absolute atomic E-state index is 10.00. The molecule has 0 aliphatic carbocycles. The van der Waals surface area contributed by atoms with Gasteiger partial charge in [-0.05, 0) is 48.5 Å². The first-order valence-electron chi connectivity index (χ1n) is 15.0. The Morgan fingerprint density at radius 2 is 1.88 bits per heavy atom. The quantitative estimate of drug-likeness (QED) is 0.275. The van der Waals surface area contributed by atoms with E-state index >= 15 is 0 Å². The number of fused-ring (bicyclic) bond motifs is 3. The summed E-state index contributed by atoms with van der Waals surface area (Å²) < 4.78 is 82.4. The highest BCUT2D eigenvalue weighted by Crippen LogP contribution is 2.42. The predicted octanol–water partition coefficient (Wildman–Crippen LogP) is 7.36. The molecule has 3 nitrogen and oxygen atoms in total. The van der Waals surface area contributed by atoms with E-state index < -0.39 is 43.0 Å². The summed E-state index contributed by atoms with van der Waals surface area (Å²) in [5, 5.41) is 11.0. The third-order valence-corrected chi connectivity index (χ3v) is 5.96. The van der Waals surface area contributed by atoms with Crippen molar-refractivity contribution in [2.24, 2.45) is 7.05 Å². The fourth-order valence-electron chi connectivity index (χ4n) is 4.35. The van der Waals surface area contributed by atoms with Crippen molar-refractivity contribution in [3.05, 3.63) is 89.0 Å². The number of hydrogen-bond acceptors (Lipinski definition) is 2. The van der Waals surface area contributed by atoms with E-state index in [0.717, 1.165) is 5.56 Å². The first-order chi connectivity index (χ1) is 19.5. The van der Waals surface area contributed by atoms with E-state index in [1.165, 1.54) is 12.3 Å². The summed E-state index contributed by atoms with van der Waals surface area (Å²) in [4.78, 5) is 0. The van der Waals surface area contributed by atoms with Crippen molar-refractivity contribution >= 4 is 21.9 Å². The Morgan fingerprint density at radius 1 is 1.09 bits per heavy atom. The molecule has 0 amide bonds. The number of furan rings is 1. The number of benzene rings is 3. The van der Waals surface area contributed by atoms with Gasteiger partial charge in [0.2, 0.25) is 5.69 Å². The van der Waals surface area contributed by atoms with Crippen LogP contribution in [0.1, 0.15) is 54.3 Å². The van der Waals surface area contributed by atoms with Crippen LogP contribution in [0.4, 0.5) is 0 Å². The zero-order chi connectivity index (χ0) is 31.0. The molecule has 2 heterocycles. The van der Waals surface area contributed by atoms with Crippen LogP contribution in [0.5, 0.6) is 0 Å². The molecule has 0 N–H and O–H groups in total. The van der Waals surface area contributed by atoms with Crippen molar-refractivity contribution in [3.63, 3.8) is 0 Å². The van der Waals surface area contributed by atoms with Crippen LogP contribution in [0.2, 0.25) is 0 Å². The first-order valence-corrected chi connectivity index (χ1v) is 10.5. The molecule has 5 aromatic rings. The molecule has 2 aromatic heterocycles. The zero-order valence-corrected chi connectivity index (χ0v) is 18.8. The maximum atomic E-state index is 10.00. The van der Waals surface area contributed by atoms with E-state index in [1.54, 1.807) is 43.7 Å². The highest BCUT2D eigenvalue weighted by Gasteiger charge is 2.24. The van der Waals surface area contributed by atoms with Crippen LogP contribution in [-0.2, 0) is 7.05 Å². The Balaban J connectivity index is 1.94. The van der Waals surface area contributed by atoms with Crippen LogP contribution in [-0.4, -0.2) is 0 Å². The zero-order valence-electron chi connectivity index (χ0n) is 27.8. The van der Waals surface area contributed by atoms with Gasteiger partial charge in [-0.15, -0.1) is 0 Å². The van der Waals surface area contributed by atoms with Crippen molar-refractivity contribution in [1.82, 2.24) is 0 Å². The van der Waals surface area contributed by atoms with E-state index in [4.69, 9.17) is 16.8 Å². The van der Waals surface area contributed by atoms with E-state index in [0.29, 0.717) is 33.2 Å². The predicted molar refractivity (Wildman–Crippen MR) is 134 cm³/mol. The lowest BCUT2D eigenvalue weighted by Crippen LogP contribution is -2.32. The summed E-state index contributed by atoms with van der Waals surface area (Å²) in [6.07, 6.45) is 1.51. The minimum atomic E-state index is -2.44. The summed E-state index contributed by atoms with van der Waals surface area (Å²) in [6.45, 7) is 2.68. The summed E-state index contributed by atoms with van der Waals surface area (Å²) in [6, 6.07) is 8.33. The SMILES string of the molecule is [2H]c1c([2H])c([2H])c(-c2ccc(C#N)c3c2oc2c(-c4cc(C([2H])(C)C)c(C([2H])([2H])[2H])c[n+]4C)c(C)ccc23)c([2H])c1[2H]. The third-order valence-electron chi connectivity index (χ3n) is 5.96. The van der Waals surface area contributed by atoms with Crippen molar-refractivity contribution in [2.45, 2.75) is 33.5 Å². The second kappa shape index (κ2) is 7.90. The molecule has 0 saturated carbocycles. The maximum Gasteiger partial charge on any atom is 0.216 e. The van der Waals surface area contributed by atoms with Gasteiger partial charge in [-0.25, -0.2) is 4.57 Å². The summed E-state index contributed by atoms with van der Waals surface area (Å²) >= 11 is 0. The van der Waals surface area contributed by atoms with Gasteiger partial charge >= 0.3 is 0 Å². The van der Waals surface area contributed by atoms with Crippen LogP contribution in [0.15, 0.2) is 71.2 Å². The number of nitrogens with zero attached hydrogens (tertiary/aromatic N) is 2. The number of aromatic nitrogens is 1. The van der Waals surface area contributed by atoms with Gasteiger partial charge in [0.1, 0.15) is 18.2 Å². The minimum Gasteiger partial charge on any atom is -0.454 e. The average molecular weight is 441 g/mol. The molecular weight excluding hydrogens is 404 g/mol. The molecule has 33 heavy (non-hydrogen) atoms. The fourth-order valence-corrected chi connectivity index (χ4v) is 4.35. The van der Waals surface area contributed by atoms with Crippen LogP contribution < -0.4 is 4.57 Å². The van der Waals surface area contributed by atoms with Crippen LogP contribution in [0, 0.1) is 25.1 Å². The Morgan fingerprint density at radius 3 is 2.58 bits per heavy atom. The van der Waals surface area contributed by atoms with Crippen molar-refractivity contribution < 1.29 is 21.3 Å². The Labute approximate surface area is 207 Å². The standard InChI is InChI=1S/C30H27N2O/c1-18(2)25-15-26(32(5)17-20(25)4)27-19(3)11-13-24-28-22(16-31)12-14-23(29(28)33-30(24)27)21-9-7-6-8-10-21/h6-15,17-18H,1-5H3/q+1/i4D3,6D,7D,8D,9D,10D,18D. The smallest absolute Gasteiger partial charge is 0.216 e. The highest BCUT2D eigenvalue weighted by molar-refractivity contribution is 6.15. The molecule has 0 unspecified atom stereocenters. The molecule has 0 atom stereocenters. The molecule has 0 fully saturated rings. The number of pyridine rings is 1. The lowest BCUT2D eigenvalue weighted by atomic mass is 9.94. The molecule has 0 aliphatic heterocycles. The van der Waals surface area contributed by atoms with E-state index in [9.17, 15) is 5.26 Å². The summed E-state index contributed by atoms with van der Waals surface area (Å²) in [7, 11) is 1.71. The molecule has 3 aromatic carbocycles. The summed E-state index contributed by atoms with van der Waals surface area (Å²) in [5.74, 6) is -1.23. The largest absolute Gasteiger partial charge is 0.454 e. The van der Waals surface area contributed by atoms with E-state index in [-0.39, 0.29) is 27.8 Å². The normalized spacial score (nSPS) is 16.0. The van der Waals surface area contributed by atoms with Gasteiger partial charge in [-0.3, -0.25) is 0 Å². The van der Waals surface area contributed by atoms with Crippen LogP contribution >= 0.6 is 0 Å². The molecule has 0 aliphatic rings. The van der Waals surface area contributed by atoms with Crippen molar-refractivity contribution in [1.29, 1.82) is 5.26 Å². The van der Waals surface area contributed by atoms with E-state index in [1.807, 2.05) is 13.0 Å². The number of aryl methyl sites for hydroxylation is 3. The monoisotopic (exact) mass is 440 g/mol. The molecule has 0 bridgehead atoms. The molecule has 0 spiro atoms. The number of hydrogen-bond donors (Lipinski definition) is 0. The second-order valence-electron chi connectivity index (χ2n) is 8.31. The van der Waals surface area contributed by atoms with Gasteiger partial charge in [-0.2, -0.15) is 5.26 Å². The molecule has 0 radical (unpaired) electrons. The molecule has 5 rings (SSSR count). The van der Waals surface area contributed by atoms with Gasteiger partial charge < -0.3 is 4.42 Å². The molecule has 0 saturated heterocycles. The number of rotatable bonds is 3. The van der Waals surface area contributed by atoms with Crippen LogP contribution in [0.25, 0.3) is 44.3 Å². The fraction of sp³-hybridized carbons (Fsp3) is 0.200. The second-order valence-corrected chi connectivity index (χ2v) is 8.31. The lowest BCUT2D eigenvalue weighted by molar-refractivity contribution is -0.660. The minimum absolute atomic E-state index is 0.0429. The molecule has 162 valence electrons. The van der Waals surface area contributed by atoms with Crippen molar-refractivity contribution in [2.75, 3.05) is 0 Å². The first kappa shape index (κ1) is 13.0. The van der Waals surface area contributed by atoms with Gasteiger partial charge in [0.25, 0.3) is 0 Å². The Bertz CT molecular complexity index is 1970. The Hall–Kier alpha value is -3.90. The summed E-state index contributed by atoms with van der Waals surface area (Å²) in [5.41, 5.74) is 3.45. The van der Waals surface area contributed by atoms with Gasteiger partial charge in [0.05, 0.1) is 24.0 Å². The van der Waals surface area contributed by atoms with Crippen molar-refractivity contribution in [3.8, 4) is 28.5 Å². The van der Waals surface area contributed by atoms with Gasteiger partial charge in [0.15, 0.2) is 6.20 Å². The lowest BCUT2D eigenvalue weighted by Gasteiger charge is -2.12. The molecular formula is C30H27N2O+. The van der Waals surface area contributed by atoms with Gasteiger partial charge in [-0.1, -0.05) is 56.2 Å². The van der Waals surface area contributed by atoms with Crippen LogP contribution in [0.3, 0.4) is 0 Å². The Kier molecular flexibility index (Phi) is 3.10. The average Bonchev–Trinajstić information content (AvgIpc) is 3.30. The topological polar surface area (TPSA) is 40.8 Å². The molecule has 3 heteroatoms. The third kappa shape index (κ3) is 3.31. The highest BCUT2D eigenvalue weighted by atomic mass is 16.3. The van der Waals surface area contributed by atoms with E-state index in [2.05, 4.69) is 6.07 Å². The number of nitriles is 1.